The van der Waals surface area contributed by atoms with E-state index in [1.54, 1.807) is 0 Å². The van der Waals surface area contributed by atoms with Gasteiger partial charge in [0.1, 0.15) is 10.5 Å². The summed E-state index contributed by atoms with van der Waals surface area (Å²) in [7, 11) is 0. The molecule has 3 rings (SSSR count). The van der Waals surface area contributed by atoms with Gasteiger partial charge in [0.2, 0.25) is 0 Å². The number of carboxylic acids is 1. The number of hydrogen-bond acceptors (Lipinski definition) is 5. The monoisotopic (exact) mass is 347 g/mol. The molecule has 6 nitrogen and oxygen atoms in total. The average molecular weight is 347 g/mol. The quantitative estimate of drug-likeness (QED) is 0.865. The molecule has 1 saturated heterocycles. The summed E-state index contributed by atoms with van der Waals surface area (Å²) in [6, 6.07) is 11.0. The summed E-state index contributed by atoms with van der Waals surface area (Å²) < 4.78 is 11.5. The van der Waals surface area contributed by atoms with Crippen molar-refractivity contribution in [1.29, 1.82) is 0 Å². The van der Waals surface area contributed by atoms with Gasteiger partial charge in [0.05, 0.1) is 31.9 Å². The van der Waals surface area contributed by atoms with Crippen molar-refractivity contribution < 1.29 is 24.2 Å². The van der Waals surface area contributed by atoms with Gasteiger partial charge < -0.3 is 19.9 Å². The van der Waals surface area contributed by atoms with E-state index in [9.17, 15) is 9.59 Å². The first kappa shape index (κ1) is 16.6. The van der Waals surface area contributed by atoms with Gasteiger partial charge in [-0.15, -0.1) is 11.3 Å². The smallest absolute Gasteiger partial charge is 0.345 e. The number of benzene rings is 1. The van der Waals surface area contributed by atoms with Crippen LogP contribution >= 0.6 is 11.3 Å². The Balaban J connectivity index is 1.73. The lowest BCUT2D eigenvalue weighted by atomic mass is 9.93. The molecule has 24 heavy (non-hydrogen) atoms. The van der Waals surface area contributed by atoms with E-state index >= 15 is 0 Å². The minimum atomic E-state index is -1.04. The lowest BCUT2D eigenvalue weighted by Gasteiger charge is -2.37. The van der Waals surface area contributed by atoms with E-state index in [4.69, 9.17) is 14.6 Å². The van der Waals surface area contributed by atoms with Gasteiger partial charge in [-0.25, -0.2) is 4.79 Å². The highest BCUT2D eigenvalue weighted by Crippen LogP contribution is 2.28. The third-order valence-electron chi connectivity index (χ3n) is 3.85. The van der Waals surface area contributed by atoms with Gasteiger partial charge in [-0.2, -0.15) is 0 Å². The molecule has 1 aliphatic heterocycles. The van der Waals surface area contributed by atoms with E-state index in [1.165, 1.54) is 11.4 Å². The molecule has 0 aliphatic carbocycles. The molecule has 1 fully saturated rings. The molecule has 1 unspecified atom stereocenters. The summed E-state index contributed by atoms with van der Waals surface area (Å²) in [4.78, 5) is 23.4. The number of hydrogen-bond donors (Lipinski definition) is 2. The molecule has 1 atom stereocenters. The number of aromatic carboxylic acids is 1. The van der Waals surface area contributed by atoms with Gasteiger partial charge >= 0.3 is 5.97 Å². The minimum Gasteiger partial charge on any atom is -0.477 e. The maximum absolute atomic E-state index is 12.3. The number of thiophene rings is 1. The summed E-state index contributed by atoms with van der Waals surface area (Å²) in [5.41, 5.74) is 0.528. The first-order valence-corrected chi connectivity index (χ1v) is 8.36. The predicted molar refractivity (Wildman–Crippen MR) is 88.5 cm³/mol. The van der Waals surface area contributed by atoms with Crippen molar-refractivity contribution in [2.24, 2.45) is 0 Å². The predicted octanol–water partition coefficient (Wildman–Crippen LogP) is 2.12. The Bertz CT molecular complexity index is 722. The van der Waals surface area contributed by atoms with Crippen molar-refractivity contribution in [3.63, 3.8) is 0 Å². The van der Waals surface area contributed by atoms with E-state index in [2.05, 4.69) is 5.32 Å². The lowest BCUT2D eigenvalue weighted by Crippen LogP contribution is -2.49. The fraction of sp³-hybridized carbons (Fsp3) is 0.294. The van der Waals surface area contributed by atoms with Crippen LogP contribution in [0.25, 0.3) is 0 Å². The topological polar surface area (TPSA) is 84.9 Å². The molecule has 0 radical (unpaired) electrons. The molecule has 2 aromatic rings. The molecule has 1 amide bonds. The maximum atomic E-state index is 12.3. The second-order valence-electron chi connectivity index (χ2n) is 5.45. The molecule has 2 N–H and O–H groups in total. The van der Waals surface area contributed by atoms with Gasteiger partial charge in [-0.1, -0.05) is 30.3 Å². The van der Waals surface area contributed by atoms with Crippen LogP contribution in [-0.2, 0) is 15.1 Å². The van der Waals surface area contributed by atoms with Crippen molar-refractivity contribution in [3.05, 3.63) is 57.8 Å². The van der Waals surface area contributed by atoms with E-state index in [0.29, 0.717) is 25.4 Å². The molecule has 0 saturated carbocycles. The fourth-order valence-electron chi connectivity index (χ4n) is 2.58. The number of ether oxygens (including phenoxy) is 2. The Kier molecular flexibility index (Phi) is 4.94. The summed E-state index contributed by atoms with van der Waals surface area (Å²) in [6.07, 6.45) is 0. The number of carbonyl (C=O) groups is 2. The number of nitrogens with one attached hydrogen (secondary N) is 1. The van der Waals surface area contributed by atoms with Crippen molar-refractivity contribution >= 4 is 23.2 Å². The van der Waals surface area contributed by atoms with Gasteiger partial charge in [-0.05, 0) is 11.6 Å². The third-order valence-corrected chi connectivity index (χ3v) is 4.77. The molecule has 1 aromatic heterocycles. The van der Waals surface area contributed by atoms with Crippen molar-refractivity contribution in [2.45, 2.75) is 5.60 Å². The molecular weight excluding hydrogens is 330 g/mol. The second kappa shape index (κ2) is 7.12. The number of rotatable bonds is 5. The summed E-state index contributed by atoms with van der Waals surface area (Å²) in [5.74, 6) is -1.37. The zero-order valence-corrected chi connectivity index (χ0v) is 13.7. The Morgan fingerprint density at radius 2 is 2.04 bits per heavy atom. The first-order valence-electron chi connectivity index (χ1n) is 7.48. The summed E-state index contributed by atoms with van der Waals surface area (Å²) >= 11 is 1.03. The highest BCUT2D eigenvalue weighted by Gasteiger charge is 2.36. The highest BCUT2D eigenvalue weighted by molar-refractivity contribution is 7.12. The minimum absolute atomic E-state index is 0.134. The summed E-state index contributed by atoms with van der Waals surface area (Å²) in [5, 5.41) is 13.3. The van der Waals surface area contributed by atoms with Gasteiger partial charge in [0, 0.05) is 5.38 Å². The number of carbonyl (C=O) groups excluding carboxylic acids is 1. The average Bonchev–Trinajstić information content (AvgIpc) is 3.12. The highest BCUT2D eigenvalue weighted by atomic mass is 32.1. The maximum Gasteiger partial charge on any atom is 0.345 e. The molecular formula is C17H17NO5S. The molecule has 0 spiro atoms. The van der Waals surface area contributed by atoms with E-state index in [1.807, 2.05) is 30.3 Å². The number of amides is 1. The van der Waals surface area contributed by atoms with E-state index in [0.717, 1.165) is 16.9 Å². The largest absolute Gasteiger partial charge is 0.477 e. The molecule has 1 aromatic carbocycles. The van der Waals surface area contributed by atoms with Gasteiger partial charge in [-0.3, -0.25) is 4.79 Å². The Morgan fingerprint density at radius 1 is 1.25 bits per heavy atom. The van der Waals surface area contributed by atoms with Crippen LogP contribution in [0.1, 0.15) is 25.6 Å². The fourth-order valence-corrected chi connectivity index (χ4v) is 3.30. The van der Waals surface area contributed by atoms with Crippen LogP contribution in [0.4, 0.5) is 0 Å². The molecule has 0 bridgehead atoms. The van der Waals surface area contributed by atoms with Crippen LogP contribution in [0.3, 0.4) is 0 Å². The van der Waals surface area contributed by atoms with Crippen LogP contribution in [-0.4, -0.2) is 43.3 Å². The molecule has 7 heteroatoms. The third kappa shape index (κ3) is 3.48. The van der Waals surface area contributed by atoms with Crippen LogP contribution in [0.15, 0.2) is 41.8 Å². The SMILES string of the molecule is O=C(NCC1(c2ccccc2)COCCO1)c1csc(C(=O)O)c1. The van der Waals surface area contributed by atoms with Crippen molar-refractivity contribution in [2.75, 3.05) is 26.4 Å². The van der Waals surface area contributed by atoms with Crippen molar-refractivity contribution in [1.82, 2.24) is 5.32 Å². The van der Waals surface area contributed by atoms with Gasteiger partial charge in [0.15, 0.2) is 0 Å². The zero-order chi connectivity index (χ0) is 17.0. The van der Waals surface area contributed by atoms with E-state index in [-0.39, 0.29) is 17.3 Å². The van der Waals surface area contributed by atoms with Crippen LogP contribution in [0.2, 0.25) is 0 Å². The molecule has 126 valence electrons. The van der Waals surface area contributed by atoms with E-state index < -0.39 is 11.6 Å². The summed E-state index contributed by atoms with van der Waals surface area (Å²) in [6.45, 7) is 1.57. The van der Waals surface area contributed by atoms with Crippen molar-refractivity contribution in [3.8, 4) is 0 Å². The number of carboxylic acid groups (broad SMARTS) is 1. The Hall–Kier alpha value is -2.22. The van der Waals surface area contributed by atoms with Crippen LogP contribution < -0.4 is 5.32 Å². The Morgan fingerprint density at radius 3 is 2.67 bits per heavy atom. The zero-order valence-electron chi connectivity index (χ0n) is 12.9. The normalized spacial score (nSPS) is 20.5. The molecule has 2 heterocycles. The standard InChI is InChI=1S/C17H17NO5S/c19-15(12-8-14(16(20)21)24-9-12)18-10-17(11-22-6-7-23-17)13-4-2-1-3-5-13/h1-5,8-9H,6-7,10-11H2,(H,18,19)(H,20,21). The van der Waals surface area contributed by atoms with Crippen LogP contribution in [0.5, 0.6) is 0 Å². The van der Waals surface area contributed by atoms with Crippen LogP contribution in [0, 0.1) is 0 Å². The Labute approximate surface area is 143 Å². The van der Waals surface area contributed by atoms with Gasteiger partial charge in [0.25, 0.3) is 5.91 Å². The lowest BCUT2D eigenvalue weighted by molar-refractivity contribution is -0.159. The first-order chi connectivity index (χ1) is 11.6. The molecule has 1 aliphatic rings. The second-order valence-corrected chi connectivity index (χ2v) is 6.36.